The molecule has 0 atom stereocenters. The van der Waals surface area contributed by atoms with Gasteiger partial charge < -0.3 is 0 Å². The Morgan fingerprint density at radius 3 is 1.53 bits per heavy atom. The highest BCUT2D eigenvalue weighted by molar-refractivity contribution is 5.95. The van der Waals surface area contributed by atoms with Crippen LogP contribution in [0.4, 0.5) is 0 Å². The van der Waals surface area contributed by atoms with Crippen LogP contribution in [0.25, 0.3) is 33.4 Å². The van der Waals surface area contributed by atoms with Crippen molar-refractivity contribution in [1.29, 1.82) is 0 Å². The van der Waals surface area contributed by atoms with Crippen molar-refractivity contribution in [1.82, 2.24) is 0 Å². The van der Waals surface area contributed by atoms with Crippen molar-refractivity contribution < 1.29 is 0 Å². The highest BCUT2D eigenvalue weighted by atomic mass is 14.6. The van der Waals surface area contributed by atoms with Crippen LogP contribution in [0.5, 0.6) is 0 Å². The molecule has 72 heavy (non-hydrogen) atoms. The summed E-state index contributed by atoms with van der Waals surface area (Å²) in [6.07, 6.45) is 24.1. The number of rotatable bonds is 4. The molecule has 0 saturated carbocycles. The van der Waals surface area contributed by atoms with Crippen LogP contribution in [0, 0.1) is 0 Å². The minimum atomic E-state index is -0.584. The minimum Gasteiger partial charge on any atom is -0.0911 e. The second-order valence-electron chi connectivity index (χ2n) is 19.3. The van der Waals surface area contributed by atoms with Crippen LogP contribution in [0.15, 0.2) is 270 Å². The van der Waals surface area contributed by atoms with Gasteiger partial charge in [-0.05, 0) is 168 Å². The molecular formula is C72H64. The smallest absolute Gasteiger partial charge is 0.0720 e. The first-order valence-corrected chi connectivity index (χ1v) is 26.5. The molecule has 0 unspecified atom stereocenters. The Morgan fingerprint density at radius 1 is 0.500 bits per heavy atom. The van der Waals surface area contributed by atoms with Crippen molar-refractivity contribution in [3.63, 3.8) is 0 Å². The largest absolute Gasteiger partial charge is 0.0911 e. The van der Waals surface area contributed by atoms with Gasteiger partial charge in [0.25, 0.3) is 0 Å². The van der Waals surface area contributed by atoms with E-state index >= 15 is 0 Å². The van der Waals surface area contributed by atoms with Crippen LogP contribution in [0.3, 0.4) is 0 Å². The third kappa shape index (κ3) is 7.10. The van der Waals surface area contributed by atoms with Crippen molar-refractivity contribution in [3.8, 4) is 22.3 Å². The second-order valence-corrected chi connectivity index (χ2v) is 19.3. The van der Waals surface area contributed by atoms with E-state index < -0.39 is 10.8 Å². The van der Waals surface area contributed by atoms with E-state index in [1.807, 2.05) is 27.7 Å². The van der Waals surface area contributed by atoms with Crippen LogP contribution in [0.2, 0.25) is 0 Å². The Bertz CT molecular complexity index is 3450. The first-order valence-electron chi connectivity index (χ1n) is 26.5. The molecule has 0 heterocycles. The Hall–Kier alpha value is -7.80. The number of aryl methyl sites for hydroxylation is 1. The number of hydrogen-bond donors (Lipinski definition) is 0. The van der Waals surface area contributed by atoms with Crippen molar-refractivity contribution in [2.75, 3.05) is 0 Å². The molecule has 0 aliphatic heterocycles. The summed E-state index contributed by atoms with van der Waals surface area (Å²) in [4.78, 5) is 0. The lowest BCUT2D eigenvalue weighted by molar-refractivity contribution is 0.635. The molecular weight excluding hydrogens is 865 g/mol. The van der Waals surface area contributed by atoms with Gasteiger partial charge in [-0.25, -0.2) is 0 Å². The van der Waals surface area contributed by atoms with Crippen molar-refractivity contribution >= 4 is 11.1 Å². The number of benzene rings is 7. The molecule has 6 aliphatic carbocycles. The summed E-state index contributed by atoms with van der Waals surface area (Å²) in [5.41, 5.74) is 28.1. The summed E-state index contributed by atoms with van der Waals surface area (Å²) in [5, 5.41) is 0. The van der Waals surface area contributed by atoms with Gasteiger partial charge >= 0.3 is 0 Å². The normalized spacial score (nSPS) is 18.3. The molecule has 0 aromatic heterocycles. The van der Waals surface area contributed by atoms with E-state index in [4.69, 9.17) is 0 Å². The summed E-state index contributed by atoms with van der Waals surface area (Å²) in [6, 6.07) is 66.4. The molecule has 0 saturated heterocycles. The van der Waals surface area contributed by atoms with Gasteiger partial charge in [-0.15, -0.1) is 0 Å². The van der Waals surface area contributed by atoms with Crippen LogP contribution in [-0.4, -0.2) is 0 Å². The molecule has 0 heteroatoms. The Labute approximate surface area is 428 Å². The van der Waals surface area contributed by atoms with Crippen LogP contribution in [0.1, 0.15) is 110 Å². The van der Waals surface area contributed by atoms with Crippen molar-refractivity contribution in [3.05, 3.63) is 320 Å². The van der Waals surface area contributed by atoms with Gasteiger partial charge in [0.1, 0.15) is 0 Å². The van der Waals surface area contributed by atoms with E-state index in [-0.39, 0.29) is 0 Å². The molecule has 0 nitrogen and oxygen atoms in total. The summed E-state index contributed by atoms with van der Waals surface area (Å²) >= 11 is 0. The molecule has 13 rings (SSSR count). The number of hydrogen-bond acceptors (Lipinski definition) is 0. The Kier molecular flexibility index (Phi) is 12.6. The highest BCUT2D eigenvalue weighted by Gasteiger charge is 2.59. The van der Waals surface area contributed by atoms with E-state index in [1.165, 1.54) is 111 Å². The standard InChI is InChI=1S/C68H52.2C2H6/c1-45(47-22-4-3-5-23-47)42-51(48-24-6-7-25-48)44-50-27-9-15-39-64-65(43-46(2)66-52-28-10-8-26-49(52)40-41-53(50)66)68(60-35-18-13-31-56(60)57-32-14-19-36-61(57)68)63-38-21-20-37-62(63)67(64)58-33-16-11-29-54(58)55-30-12-17-34-59(55)67;2*1-2/h3-8,10-24,26,28-39,42-44H,1,9,25,27,40-41H2,2H3;2*1-2H3/b39-15?,46-43+,50-44+,51-42+;;. The Balaban J connectivity index is 0.00000137. The summed E-state index contributed by atoms with van der Waals surface area (Å²) in [6.45, 7) is 15.0. The quantitative estimate of drug-likeness (QED) is 0.154. The lowest BCUT2D eigenvalue weighted by Gasteiger charge is -2.49. The summed E-state index contributed by atoms with van der Waals surface area (Å²) in [7, 11) is 0. The zero-order chi connectivity index (χ0) is 49.4. The van der Waals surface area contributed by atoms with E-state index in [2.05, 4.69) is 238 Å². The maximum absolute atomic E-state index is 4.63. The minimum absolute atomic E-state index is 0.561. The monoisotopic (exact) mass is 929 g/mol. The van der Waals surface area contributed by atoms with Gasteiger partial charge in [-0.3, -0.25) is 0 Å². The van der Waals surface area contributed by atoms with E-state index in [0.29, 0.717) is 0 Å². The predicted octanol–water partition coefficient (Wildman–Crippen LogP) is 18.8. The van der Waals surface area contributed by atoms with Crippen molar-refractivity contribution in [2.24, 2.45) is 0 Å². The maximum Gasteiger partial charge on any atom is 0.0720 e. The second kappa shape index (κ2) is 19.4. The first kappa shape index (κ1) is 46.6. The average molecular weight is 929 g/mol. The molecule has 0 N–H and O–H groups in total. The van der Waals surface area contributed by atoms with Gasteiger partial charge in [0.15, 0.2) is 0 Å². The predicted molar refractivity (Wildman–Crippen MR) is 307 cm³/mol. The number of allylic oxidation sites excluding steroid dienone is 17. The molecule has 2 spiro atoms. The first-order chi connectivity index (χ1) is 35.6. The molecule has 6 aliphatic rings. The van der Waals surface area contributed by atoms with Crippen LogP contribution >= 0.6 is 0 Å². The molecule has 7 aromatic carbocycles. The fraction of sp³-hybridized carbons (Fsp3) is 0.167. The van der Waals surface area contributed by atoms with Crippen molar-refractivity contribution in [2.45, 2.75) is 77.6 Å². The molecule has 0 amide bonds. The van der Waals surface area contributed by atoms with Crippen LogP contribution < -0.4 is 0 Å². The van der Waals surface area contributed by atoms with Crippen LogP contribution in [-0.2, 0) is 17.3 Å². The Morgan fingerprint density at radius 2 is 0.986 bits per heavy atom. The van der Waals surface area contributed by atoms with E-state index in [0.717, 1.165) is 43.2 Å². The zero-order valence-electron chi connectivity index (χ0n) is 42.6. The molecule has 0 fully saturated rings. The van der Waals surface area contributed by atoms with Gasteiger partial charge in [0.05, 0.1) is 10.8 Å². The SMILES string of the molecule is C=C(\C=C(/C=C1CCC=CC2=C(/C=C(C)/C3=C\1CCc1ccccc13)C1(c3ccccc3-c3ccccc31)c1ccccc1C21c2ccccc2-c2ccccc21)C1=CC=CC1)c1ccccc1.CC.CC. The highest BCUT2D eigenvalue weighted by Crippen LogP contribution is 2.68. The maximum atomic E-state index is 4.63. The molecule has 7 aromatic rings. The zero-order valence-corrected chi connectivity index (χ0v) is 42.6. The molecule has 352 valence electrons. The lowest BCUT2D eigenvalue weighted by Crippen LogP contribution is -2.43. The fourth-order valence-electron chi connectivity index (χ4n) is 13.2. The van der Waals surface area contributed by atoms with Gasteiger partial charge in [-0.2, -0.15) is 0 Å². The summed E-state index contributed by atoms with van der Waals surface area (Å²) in [5.74, 6) is 0. The topological polar surface area (TPSA) is 0 Å². The molecule has 0 radical (unpaired) electrons. The average Bonchev–Trinajstić information content (AvgIpc) is 4.17. The third-order valence-corrected chi connectivity index (χ3v) is 15.9. The fourth-order valence-corrected chi connectivity index (χ4v) is 13.2. The lowest BCUT2D eigenvalue weighted by atomic mass is 9.52. The van der Waals surface area contributed by atoms with E-state index in [1.54, 1.807) is 0 Å². The number of fused-ring (bicyclic) bond motifs is 17. The van der Waals surface area contributed by atoms with Gasteiger partial charge in [-0.1, -0.05) is 253 Å². The summed E-state index contributed by atoms with van der Waals surface area (Å²) < 4.78 is 0. The molecule has 0 bridgehead atoms. The third-order valence-electron chi connectivity index (χ3n) is 15.9. The van der Waals surface area contributed by atoms with Gasteiger partial charge in [0.2, 0.25) is 0 Å². The van der Waals surface area contributed by atoms with E-state index in [9.17, 15) is 0 Å². The van der Waals surface area contributed by atoms with Gasteiger partial charge in [0, 0.05) is 0 Å².